The second-order valence-electron chi connectivity index (χ2n) is 6.41. The molecule has 1 aromatic rings. The van der Waals surface area contributed by atoms with Crippen LogP contribution in [0.4, 0.5) is 0 Å². The second-order valence-corrected chi connectivity index (χ2v) is 6.41. The van der Waals surface area contributed by atoms with E-state index in [1.807, 2.05) is 6.07 Å². The van der Waals surface area contributed by atoms with Gasteiger partial charge in [-0.3, -0.25) is 0 Å². The molecule has 0 aromatic carbocycles. The van der Waals surface area contributed by atoms with E-state index in [1.165, 1.54) is 57.8 Å². The average Bonchev–Trinajstić information content (AvgIpc) is 3.00. The van der Waals surface area contributed by atoms with E-state index in [1.54, 1.807) is 6.26 Å². The van der Waals surface area contributed by atoms with Gasteiger partial charge in [-0.2, -0.15) is 0 Å². The largest absolute Gasteiger partial charge is 0.468 e. The third kappa shape index (κ3) is 3.42. The summed E-state index contributed by atoms with van der Waals surface area (Å²) in [7, 11) is 0. The molecule has 2 saturated carbocycles. The van der Waals surface area contributed by atoms with Gasteiger partial charge in [0.15, 0.2) is 0 Å². The van der Waals surface area contributed by atoms with Gasteiger partial charge in [-0.15, -0.1) is 0 Å². The van der Waals surface area contributed by atoms with Crippen molar-refractivity contribution in [3.63, 3.8) is 0 Å². The number of nitrogens with one attached hydrogen (secondary N) is 1. The first-order valence-electron chi connectivity index (χ1n) is 8.19. The molecule has 0 amide bonds. The van der Waals surface area contributed by atoms with Gasteiger partial charge in [0.25, 0.3) is 0 Å². The molecule has 1 heterocycles. The topological polar surface area (TPSA) is 25.2 Å². The molecule has 1 N–H and O–H groups in total. The lowest BCUT2D eigenvalue weighted by atomic mass is 9.71. The van der Waals surface area contributed by atoms with E-state index in [9.17, 15) is 0 Å². The lowest BCUT2D eigenvalue weighted by Crippen LogP contribution is -2.42. The van der Waals surface area contributed by atoms with Crippen molar-refractivity contribution >= 4 is 0 Å². The van der Waals surface area contributed by atoms with Gasteiger partial charge in [-0.25, -0.2) is 0 Å². The molecule has 2 fully saturated rings. The van der Waals surface area contributed by atoms with Crippen molar-refractivity contribution in [3.05, 3.63) is 24.2 Å². The van der Waals surface area contributed by atoms with Crippen molar-refractivity contribution in [1.29, 1.82) is 0 Å². The van der Waals surface area contributed by atoms with Gasteiger partial charge in [0.05, 0.1) is 12.8 Å². The summed E-state index contributed by atoms with van der Waals surface area (Å²) in [5, 5.41) is 3.78. The van der Waals surface area contributed by atoms with Gasteiger partial charge in [0.2, 0.25) is 0 Å². The molecule has 0 saturated heterocycles. The first-order valence-corrected chi connectivity index (χ1v) is 8.19. The van der Waals surface area contributed by atoms with Crippen LogP contribution in [0.2, 0.25) is 0 Å². The Balaban J connectivity index is 1.56. The Labute approximate surface area is 117 Å². The SMILES string of the molecule is c1coc(CNC2CCCCC2C2CCCCC2)c1. The van der Waals surface area contributed by atoms with E-state index >= 15 is 0 Å². The molecule has 2 unspecified atom stereocenters. The van der Waals surface area contributed by atoms with E-state index in [-0.39, 0.29) is 0 Å². The molecule has 1 aromatic heterocycles. The molecule has 3 rings (SSSR count). The minimum atomic E-state index is 0.724. The summed E-state index contributed by atoms with van der Waals surface area (Å²) < 4.78 is 5.44. The molecule has 19 heavy (non-hydrogen) atoms. The monoisotopic (exact) mass is 261 g/mol. The first kappa shape index (κ1) is 13.2. The van der Waals surface area contributed by atoms with Gasteiger partial charge >= 0.3 is 0 Å². The molecule has 106 valence electrons. The second kappa shape index (κ2) is 6.60. The van der Waals surface area contributed by atoms with Crippen LogP contribution in [0, 0.1) is 11.8 Å². The first-order chi connectivity index (χ1) is 9.43. The Morgan fingerprint density at radius 3 is 2.58 bits per heavy atom. The fraction of sp³-hybridized carbons (Fsp3) is 0.765. The van der Waals surface area contributed by atoms with Crippen LogP contribution >= 0.6 is 0 Å². The van der Waals surface area contributed by atoms with Crippen LogP contribution in [0.3, 0.4) is 0 Å². The van der Waals surface area contributed by atoms with Gasteiger partial charge < -0.3 is 9.73 Å². The van der Waals surface area contributed by atoms with Crippen LogP contribution in [0.5, 0.6) is 0 Å². The van der Waals surface area contributed by atoms with Crippen LogP contribution in [0.15, 0.2) is 22.8 Å². The summed E-state index contributed by atoms with van der Waals surface area (Å²) >= 11 is 0. The van der Waals surface area contributed by atoms with E-state index in [0.717, 1.165) is 30.2 Å². The molecule has 2 heteroatoms. The predicted molar refractivity (Wildman–Crippen MR) is 77.9 cm³/mol. The molecular formula is C17H27NO. The Hall–Kier alpha value is -0.760. The Bertz CT molecular complexity index is 353. The molecule has 0 spiro atoms. The maximum absolute atomic E-state index is 5.44. The third-order valence-corrected chi connectivity index (χ3v) is 5.19. The van der Waals surface area contributed by atoms with E-state index in [2.05, 4.69) is 11.4 Å². The average molecular weight is 261 g/mol. The quantitative estimate of drug-likeness (QED) is 0.862. The normalized spacial score (nSPS) is 29.5. The number of furan rings is 1. The molecule has 2 nitrogen and oxygen atoms in total. The van der Waals surface area contributed by atoms with Crippen LogP contribution in [0.1, 0.15) is 63.5 Å². The standard InChI is InChI=1S/C17H27NO/c1-2-7-14(8-3-1)16-10-4-5-11-17(16)18-13-15-9-6-12-19-15/h6,9,12,14,16-18H,1-5,7-8,10-11,13H2. The number of hydrogen-bond donors (Lipinski definition) is 1. The summed E-state index contributed by atoms with van der Waals surface area (Å²) in [6.07, 6.45) is 14.8. The highest BCUT2D eigenvalue weighted by Crippen LogP contribution is 2.38. The van der Waals surface area contributed by atoms with Crippen molar-refractivity contribution in [2.75, 3.05) is 0 Å². The van der Waals surface area contributed by atoms with Gasteiger partial charge in [0.1, 0.15) is 5.76 Å². The molecule has 0 aliphatic heterocycles. The fourth-order valence-corrected chi connectivity index (χ4v) is 4.18. The van der Waals surface area contributed by atoms with E-state index < -0.39 is 0 Å². The summed E-state index contributed by atoms with van der Waals surface area (Å²) in [4.78, 5) is 0. The molecule has 2 aliphatic carbocycles. The van der Waals surface area contributed by atoms with Crippen molar-refractivity contribution in [1.82, 2.24) is 5.32 Å². The highest BCUT2D eigenvalue weighted by Gasteiger charge is 2.32. The smallest absolute Gasteiger partial charge is 0.117 e. The zero-order valence-electron chi connectivity index (χ0n) is 11.9. The molecule has 2 aliphatic rings. The summed E-state index contributed by atoms with van der Waals surface area (Å²) in [6.45, 7) is 0.904. The van der Waals surface area contributed by atoms with Crippen LogP contribution in [-0.4, -0.2) is 6.04 Å². The fourth-order valence-electron chi connectivity index (χ4n) is 4.18. The van der Waals surface area contributed by atoms with Crippen molar-refractivity contribution in [2.24, 2.45) is 11.8 Å². The molecular weight excluding hydrogens is 234 g/mol. The summed E-state index contributed by atoms with van der Waals surface area (Å²) in [6, 6.07) is 4.78. The maximum atomic E-state index is 5.44. The Morgan fingerprint density at radius 1 is 1.00 bits per heavy atom. The zero-order valence-corrected chi connectivity index (χ0v) is 11.9. The maximum Gasteiger partial charge on any atom is 0.117 e. The van der Waals surface area contributed by atoms with Gasteiger partial charge in [-0.1, -0.05) is 44.9 Å². The van der Waals surface area contributed by atoms with Crippen LogP contribution in [-0.2, 0) is 6.54 Å². The van der Waals surface area contributed by atoms with Gasteiger partial charge in [0, 0.05) is 6.04 Å². The molecule has 0 radical (unpaired) electrons. The lowest BCUT2D eigenvalue weighted by molar-refractivity contribution is 0.147. The zero-order chi connectivity index (χ0) is 12.9. The van der Waals surface area contributed by atoms with E-state index in [0.29, 0.717) is 0 Å². The number of rotatable bonds is 4. The lowest BCUT2D eigenvalue weighted by Gasteiger charge is -2.39. The minimum absolute atomic E-state index is 0.724. The summed E-state index contributed by atoms with van der Waals surface area (Å²) in [5.74, 6) is 2.99. The highest BCUT2D eigenvalue weighted by atomic mass is 16.3. The highest BCUT2D eigenvalue weighted by molar-refractivity contribution is 4.98. The van der Waals surface area contributed by atoms with Gasteiger partial charge in [-0.05, 0) is 36.8 Å². The number of hydrogen-bond acceptors (Lipinski definition) is 2. The van der Waals surface area contributed by atoms with Crippen LogP contribution in [0.25, 0.3) is 0 Å². The minimum Gasteiger partial charge on any atom is -0.468 e. The molecule has 0 bridgehead atoms. The van der Waals surface area contributed by atoms with Crippen molar-refractivity contribution in [2.45, 2.75) is 70.4 Å². The predicted octanol–water partition coefficient (Wildman–Crippen LogP) is 4.51. The third-order valence-electron chi connectivity index (χ3n) is 5.19. The summed E-state index contributed by atoms with van der Waals surface area (Å²) in [5.41, 5.74) is 0. The Kier molecular flexibility index (Phi) is 4.60. The van der Waals surface area contributed by atoms with E-state index in [4.69, 9.17) is 4.42 Å². The Morgan fingerprint density at radius 2 is 1.79 bits per heavy atom. The van der Waals surface area contributed by atoms with Crippen molar-refractivity contribution in [3.8, 4) is 0 Å². The van der Waals surface area contributed by atoms with Crippen molar-refractivity contribution < 1.29 is 4.42 Å². The van der Waals surface area contributed by atoms with Crippen LogP contribution < -0.4 is 5.32 Å². The molecule has 2 atom stereocenters.